The second-order valence-corrected chi connectivity index (χ2v) is 7.41. The summed E-state index contributed by atoms with van der Waals surface area (Å²) in [5, 5.41) is 3.55. The Bertz CT molecular complexity index is 1080. The smallest absolute Gasteiger partial charge is 0.350 e. The first-order valence-electron chi connectivity index (χ1n) is 7.92. The minimum Gasteiger partial charge on any atom is -0.496 e. The molecular weight excluding hydrogens is 425 g/mol. The number of hydrogen-bond donors (Lipinski definition) is 1. The number of para-hydroxylation sites is 1. The highest BCUT2D eigenvalue weighted by molar-refractivity contribution is 7.21. The highest BCUT2D eigenvalue weighted by Gasteiger charge is 2.21. The van der Waals surface area contributed by atoms with Crippen molar-refractivity contribution in [1.29, 1.82) is 0 Å². The second-order valence-electron chi connectivity index (χ2n) is 5.54. The zero-order chi connectivity index (χ0) is 20.3. The summed E-state index contributed by atoms with van der Waals surface area (Å²) < 4.78 is 10.8. The minimum absolute atomic E-state index is 0.155. The summed E-state index contributed by atoms with van der Waals surface area (Å²) in [6, 6.07) is 11.5. The first-order valence-corrected chi connectivity index (χ1v) is 9.50. The van der Waals surface area contributed by atoms with Gasteiger partial charge in [-0.15, -0.1) is 11.3 Å². The van der Waals surface area contributed by atoms with E-state index >= 15 is 0 Å². The van der Waals surface area contributed by atoms with E-state index in [-0.39, 0.29) is 15.5 Å². The number of esters is 1. The van der Waals surface area contributed by atoms with Crippen LogP contribution in [0, 0.1) is 0 Å². The predicted molar refractivity (Wildman–Crippen MR) is 108 cm³/mol. The third-order valence-electron chi connectivity index (χ3n) is 3.72. The van der Waals surface area contributed by atoms with E-state index in [4.69, 9.17) is 32.7 Å². The van der Waals surface area contributed by atoms with Gasteiger partial charge in [-0.2, -0.15) is 0 Å². The number of ether oxygens (including phenoxy) is 2. The molecule has 0 saturated heterocycles. The molecule has 0 aliphatic carbocycles. The fraction of sp³-hybridized carbons (Fsp3) is 0.105. The van der Waals surface area contributed by atoms with Crippen LogP contribution in [-0.2, 0) is 9.53 Å². The molecule has 0 fully saturated rings. The molecule has 144 valence electrons. The monoisotopic (exact) mass is 437 g/mol. The topological polar surface area (TPSA) is 81.7 Å². The molecule has 0 radical (unpaired) electrons. The van der Waals surface area contributed by atoms with Gasteiger partial charge in [0.1, 0.15) is 10.6 Å². The van der Waals surface area contributed by atoms with Gasteiger partial charge < -0.3 is 9.47 Å². The number of carbonyl (C=O) groups excluding carboxylic acids is 3. The third kappa shape index (κ3) is 4.27. The van der Waals surface area contributed by atoms with Crippen LogP contribution in [0.3, 0.4) is 0 Å². The standard InChI is InChI=1S/C19H13Cl2NO5S/c1-26-13-5-3-2-4-11(13)18(24)22-15(23)9-27-19(25)17-16(21)12-7-6-10(20)8-14(12)28-17/h2-8H,9H2,1H3,(H,22,23,24). The summed E-state index contributed by atoms with van der Waals surface area (Å²) in [5.74, 6) is -1.87. The molecule has 3 rings (SSSR count). The lowest BCUT2D eigenvalue weighted by Gasteiger charge is -2.08. The summed E-state index contributed by atoms with van der Waals surface area (Å²) in [5.41, 5.74) is 0.189. The van der Waals surface area contributed by atoms with E-state index in [0.29, 0.717) is 16.2 Å². The van der Waals surface area contributed by atoms with Crippen LogP contribution in [0.1, 0.15) is 20.0 Å². The van der Waals surface area contributed by atoms with Crippen molar-refractivity contribution in [2.24, 2.45) is 0 Å². The molecule has 0 aliphatic heterocycles. The number of nitrogens with one attached hydrogen (secondary N) is 1. The Kier molecular flexibility index (Phi) is 6.18. The lowest BCUT2D eigenvalue weighted by Crippen LogP contribution is -2.34. The molecule has 2 amide bonds. The lowest BCUT2D eigenvalue weighted by atomic mass is 10.2. The summed E-state index contributed by atoms with van der Waals surface area (Å²) in [4.78, 5) is 36.6. The fourth-order valence-electron chi connectivity index (χ4n) is 2.43. The van der Waals surface area contributed by atoms with Gasteiger partial charge in [0.05, 0.1) is 17.7 Å². The van der Waals surface area contributed by atoms with Gasteiger partial charge in [-0.25, -0.2) is 4.79 Å². The first kappa shape index (κ1) is 20.1. The Morgan fingerprint density at radius 3 is 2.61 bits per heavy atom. The molecule has 6 nitrogen and oxygen atoms in total. The van der Waals surface area contributed by atoms with Crippen LogP contribution in [0.4, 0.5) is 0 Å². The molecule has 3 aromatic rings. The summed E-state index contributed by atoms with van der Waals surface area (Å²) >= 11 is 13.3. The van der Waals surface area contributed by atoms with Gasteiger partial charge in [0, 0.05) is 15.1 Å². The van der Waals surface area contributed by atoms with Gasteiger partial charge >= 0.3 is 5.97 Å². The minimum atomic E-state index is -0.774. The van der Waals surface area contributed by atoms with Crippen LogP contribution >= 0.6 is 34.5 Å². The van der Waals surface area contributed by atoms with Crippen molar-refractivity contribution >= 4 is 62.4 Å². The molecule has 0 saturated carbocycles. The highest BCUT2D eigenvalue weighted by atomic mass is 35.5. The zero-order valence-corrected chi connectivity index (χ0v) is 16.8. The van der Waals surface area contributed by atoms with E-state index in [1.165, 1.54) is 13.2 Å². The first-order chi connectivity index (χ1) is 13.4. The highest BCUT2D eigenvalue weighted by Crippen LogP contribution is 2.37. The zero-order valence-electron chi connectivity index (χ0n) is 14.5. The number of halogens is 2. The molecule has 28 heavy (non-hydrogen) atoms. The molecule has 1 heterocycles. The van der Waals surface area contributed by atoms with Crippen molar-refractivity contribution in [3.8, 4) is 5.75 Å². The number of rotatable bonds is 5. The number of imide groups is 1. The molecule has 0 aliphatic rings. The van der Waals surface area contributed by atoms with E-state index in [2.05, 4.69) is 5.32 Å². The van der Waals surface area contributed by atoms with E-state index in [9.17, 15) is 14.4 Å². The van der Waals surface area contributed by atoms with Gasteiger partial charge in [0.15, 0.2) is 6.61 Å². The lowest BCUT2D eigenvalue weighted by molar-refractivity contribution is -0.123. The van der Waals surface area contributed by atoms with Crippen molar-refractivity contribution in [3.63, 3.8) is 0 Å². The SMILES string of the molecule is COc1ccccc1C(=O)NC(=O)COC(=O)c1sc2cc(Cl)ccc2c1Cl. The van der Waals surface area contributed by atoms with E-state index < -0.39 is 24.4 Å². The maximum atomic E-state index is 12.3. The maximum absolute atomic E-state index is 12.3. The van der Waals surface area contributed by atoms with Crippen molar-refractivity contribution in [2.45, 2.75) is 0 Å². The normalized spacial score (nSPS) is 10.5. The Labute approximate surface area is 174 Å². The van der Waals surface area contributed by atoms with Crippen LogP contribution in [0.15, 0.2) is 42.5 Å². The number of amides is 2. The largest absolute Gasteiger partial charge is 0.496 e. The molecule has 0 spiro atoms. The molecular formula is C19H13Cl2NO5S. The average Bonchev–Trinajstić information content (AvgIpc) is 3.01. The molecule has 1 aromatic heterocycles. The van der Waals surface area contributed by atoms with Crippen LogP contribution < -0.4 is 10.1 Å². The Hall–Kier alpha value is -2.61. The summed E-state index contributed by atoms with van der Waals surface area (Å²) in [6.45, 7) is -0.634. The number of methoxy groups -OCH3 is 1. The Morgan fingerprint density at radius 1 is 1.11 bits per heavy atom. The predicted octanol–water partition coefficient (Wildman–Crippen LogP) is 4.33. The van der Waals surface area contributed by atoms with Crippen LogP contribution in [0.2, 0.25) is 10.0 Å². The molecule has 2 aromatic carbocycles. The molecule has 0 atom stereocenters. The summed E-state index contributed by atoms with van der Waals surface area (Å²) in [7, 11) is 1.41. The fourth-order valence-corrected chi connectivity index (χ4v) is 4.11. The number of benzene rings is 2. The van der Waals surface area contributed by atoms with Crippen LogP contribution in [-0.4, -0.2) is 31.5 Å². The molecule has 0 bridgehead atoms. The van der Waals surface area contributed by atoms with Gasteiger partial charge in [-0.05, 0) is 24.3 Å². The number of thiophene rings is 1. The third-order valence-corrected chi connectivity index (χ3v) is 5.59. The number of carbonyl (C=O) groups is 3. The summed E-state index contributed by atoms with van der Waals surface area (Å²) in [6.07, 6.45) is 0. The van der Waals surface area contributed by atoms with Gasteiger partial charge in [0.25, 0.3) is 11.8 Å². The van der Waals surface area contributed by atoms with Crippen molar-refractivity contribution in [3.05, 3.63) is 63.0 Å². The van der Waals surface area contributed by atoms with E-state index in [1.54, 1.807) is 36.4 Å². The van der Waals surface area contributed by atoms with Crippen molar-refractivity contribution in [1.82, 2.24) is 5.32 Å². The molecule has 1 N–H and O–H groups in total. The van der Waals surface area contributed by atoms with Gasteiger partial charge in [0.2, 0.25) is 0 Å². The second kappa shape index (κ2) is 8.60. The van der Waals surface area contributed by atoms with Gasteiger partial charge in [-0.1, -0.05) is 41.4 Å². The van der Waals surface area contributed by atoms with E-state index in [0.717, 1.165) is 16.0 Å². The van der Waals surface area contributed by atoms with Gasteiger partial charge in [-0.3, -0.25) is 14.9 Å². The van der Waals surface area contributed by atoms with Crippen molar-refractivity contribution < 1.29 is 23.9 Å². The molecule has 9 heteroatoms. The quantitative estimate of drug-likeness (QED) is 0.600. The number of hydrogen-bond acceptors (Lipinski definition) is 6. The Balaban J connectivity index is 1.64. The van der Waals surface area contributed by atoms with E-state index in [1.807, 2.05) is 0 Å². The number of fused-ring (bicyclic) bond motifs is 1. The molecule has 0 unspecified atom stereocenters. The van der Waals surface area contributed by atoms with Crippen LogP contribution in [0.25, 0.3) is 10.1 Å². The average molecular weight is 438 g/mol. The van der Waals surface area contributed by atoms with Crippen LogP contribution in [0.5, 0.6) is 5.75 Å². The maximum Gasteiger partial charge on any atom is 0.350 e. The Morgan fingerprint density at radius 2 is 1.86 bits per heavy atom. The van der Waals surface area contributed by atoms with Crippen molar-refractivity contribution in [2.75, 3.05) is 13.7 Å².